The zero-order valence-electron chi connectivity index (χ0n) is 13.2. The van der Waals surface area contributed by atoms with Gasteiger partial charge in [-0.1, -0.05) is 0 Å². The van der Waals surface area contributed by atoms with E-state index in [-0.39, 0.29) is 5.91 Å². The Morgan fingerprint density at radius 3 is 3.14 bits per heavy atom. The summed E-state index contributed by atoms with van der Waals surface area (Å²) >= 11 is 0. The Hall–Kier alpha value is -1.81. The summed E-state index contributed by atoms with van der Waals surface area (Å²) < 4.78 is 5.15. The van der Waals surface area contributed by atoms with E-state index in [0.29, 0.717) is 6.04 Å². The standard InChI is InChI=1S/C18H24N2O2/c1-22-12-4-6-16-5-2-3-11-20(16)18(21)15-7-8-17-14(13-15)9-10-19-17/h7-10,13,16,19H,2-6,11-12H2,1H3/t16-/m1/s1. The van der Waals surface area contributed by atoms with Gasteiger partial charge >= 0.3 is 0 Å². The second-order valence-electron chi connectivity index (χ2n) is 6.06. The molecule has 1 aliphatic heterocycles. The van der Waals surface area contributed by atoms with E-state index in [0.717, 1.165) is 55.3 Å². The minimum atomic E-state index is 0.171. The molecule has 2 heterocycles. The Kier molecular flexibility index (Phi) is 4.78. The number of carbonyl (C=O) groups is 1. The lowest BCUT2D eigenvalue weighted by atomic mass is 9.97. The first kappa shape index (κ1) is 15.1. The highest BCUT2D eigenvalue weighted by Crippen LogP contribution is 2.24. The van der Waals surface area contributed by atoms with Crippen LogP contribution < -0.4 is 0 Å². The number of ether oxygens (including phenoxy) is 1. The molecule has 1 saturated heterocycles. The number of benzene rings is 1. The molecule has 0 unspecified atom stereocenters. The number of rotatable bonds is 5. The highest BCUT2D eigenvalue weighted by molar-refractivity contribution is 5.98. The van der Waals surface area contributed by atoms with Gasteiger partial charge in [0.1, 0.15) is 0 Å². The lowest BCUT2D eigenvalue weighted by Crippen LogP contribution is -2.43. The molecular formula is C18H24N2O2. The van der Waals surface area contributed by atoms with Crippen LogP contribution in [0.25, 0.3) is 10.9 Å². The molecule has 1 fully saturated rings. The molecule has 2 aromatic rings. The summed E-state index contributed by atoms with van der Waals surface area (Å²) in [6.45, 7) is 1.65. The van der Waals surface area contributed by atoms with Crippen LogP contribution in [-0.2, 0) is 4.74 Å². The second kappa shape index (κ2) is 6.97. The van der Waals surface area contributed by atoms with E-state index in [9.17, 15) is 4.79 Å². The first-order valence-electron chi connectivity index (χ1n) is 8.16. The summed E-state index contributed by atoms with van der Waals surface area (Å²) in [5.41, 5.74) is 1.87. The van der Waals surface area contributed by atoms with Gasteiger partial charge in [-0.15, -0.1) is 0 Å². The Morgan fingerprint density at radius 1 is 1.36 bits per heavy atom. The Bertz CT molecular complexity index is 635. The second-order valence-corrected chi connectivity index (χ2v) is 6.06. The van der Waals surface area contributed by atoms with E-state index in [1.807, 2.05) is 30.5 Å². The lowest BCUT2D eigenvalue weighted by molar-refractivity contribution is 0.0585. The van der Waals surface area contributed by atoms with Crippen LogP contribution in [0.5, 0.6) is 0 Å². The maximum atomic E-state index is 12.9. The molecule has 1 atom stereocenters. The summed E-state index contributed by atoms with van der Waals surface area (Å²) in [5, 5.41) is 1.10. The van der Waals surface area contributed by atoms with Crippen LogP contribution in [0, 0.1) is 0 Å². The molecule has 22 heavy (non-hydrogen) atoms. The molecule has 0 saturated carbocycles. The first-order chi connectivity index (χ1) is 10.8. The quantitative estimate of drug-likeness (QED) is 0.858. The number of carbonyl (C=O) groups excluding carboxylic acids is 1. The molecule has 118 valence electrons. The van der Waals surface area contributed by atoms with Crippen molar-refractivity contribution in [3.63, 3.8) is 0 Å². The molecule has 4 heteroatoms. The number of piperidine rings is 1. The van der Waals surface area contributed by atoms with Gasteiger partial charge in [-0.2, -0.15) is 0 Å². The van der Waals surface area contributed by atoms with Crippen molar-refractivity contribution in [1.82, 2.24) is 9.88 Å². The minimum absolute atomic E-state index is 0.171. The van der Waals surface area contributed by atoms with Gasteiger partial charge in [0.2, 0.25) is 0 Å². The summed E-state index contributed by atoms with van der Waals surface area (Å²) in [6, 6.07) is 8.29. The molecular weight excluding hydrogens is 276 g/mol. The van der Waals surface area contributed by atoms with Gasteiger partial charge in [-0.25, -0.2) is 0 Å². The number of methoxy groups -OCH3 is 1. The molecule has 1 aliphatic rings. The predicted molar refractivity (Wildman–Crippen MR) is 88.1 cm³/mol. The van der Waals surface area contributed by atoms with Crippen LogP contribution in [0.3, 0.4) is 0 Å². The van der Waals surface area contributed by atoms with Gasteiger partial charge in [0.25, 0.3) is 5.91 Å². The first-order valence-corrected chi connectivity index (χ1v) is 8.16. The summed E-state index contributed by atoms with van der Waals surface area (Å²) in [6.07, 6.45) is 7.40. The number of hydrogen-bond acceptors (Lipinski definition) is 2. The van der Waals surface area contributed by atoms with E-state index in [1.165, 1.54) is 6.42 Å². The van der Waals surface area contributed by atoms with Crippen LogP contribution in [0.2, 0.25) is 0 Å². The third kappa shape index (κ3) is 3.17. The third-order valence-electron chi connectivity index (χ3n) is 4.57. The van der Waals surface area contributed by atoms with Crippen molar-refractivity contribution in [3.8, 4) is 0 Å². The van der Waals surface area contributed by atoms with Crippen molar-refractivity contribution in [2.45, 2.75) is 38.1 Å². The highest BCUT2D eigenvalue weighted by Gasteiger charge is 2.27. The van der Waals surface area contributed by atoms with Gasteiger partial charge in [-0.05, 0) is 56.4 Å². The van der Waals surface area contributed by atoms with Crippen molar-refractivity contribution in [3.05, 3.63) is 36.0 Å². The number of fused-ring (bicyclic) bond motifs is 1. The van der Waals surface area contributed by atoms with Gasteiger partial charge in [0, 0.05) is 49.0 Å². The maximum Gasteiger partial charge on any atom is 0.254 e. The molecule has 1 aromatic carbocycles. The number of hydrogen-bond donors (Lipinski definition) is 1. The monoisotopic (exact) mass is 300 g/mol. The van der Waals surface area contributed by atoms with E-state index < -0.39 is 0 Å². The van der Waals surface area contributed by atoms with E-state index in [4.69, 9.17) is 4.74 Å². The normalized spacial score (nSPS) is 18.8. The van der Waals surface area contributed by atoms with E-state index in [1.54, 1.807) is 7.11 Å². The average Bonchev–Trinajstić information content (AvgIpc) is 3.02. The zero-order chi connectivity index (χ0) is 15.4. The van der Waals surface area contributed by atoms with Crippen LogP contribution in [0.1, 0.15) is 42.5 Å². The third-order valence-corrected chi connectivity index (χ3v) is 4.57. The zero-order valence-corrected chi connectivity index (χ0v) is 13.2. The molecule has 0 radical (unpaired) electrons. The summed E-state index contributed by atoms with van der Waals surface area (Å²) in [7, 11) is 1.73. The number of likely N-dealkylation sites (tertiary alicyclic amines) is 1. The number of nitrogens with zero attached hydrogens (tertiary/aromatic N) is 1. The SMILES string of the molecule is COCCC[C@H]1CCCCN1C(=O)c1ccc2[nH]ccc2c1. The topological polar surface area (TPSA) is 45.3 Å². The van der Waals surface area contributed by atoms with Crippen molar-refractivity contribution >= 4 is 16.8 Å². The number of H-pyrrole nitrogens is 1. The van der Waals surface area contributed by atoms with Gasteiger partial charge in [0.15, 0.2) is 0 Å². The van der Waals surface area contributed by atoms with Crippen LogP contribution >= 0.6 is 0 Å². The molecule has 1 aromatic heterocycles. The minimum Gasteiger partial charge on any atom is -0.385 e. The van der Waals surface area contributed by atoms with Crippen LogP contribution in [0.15, 0.2) is 30.5 Å². The van der Waals surface area contributed by atoms with E-state index in [2.05, 4.69) is 9.88 Å². The number of aromatic amines is 1. The Labute approximate surface area is 131 Å². The Balaban J connectivity index is 1.75. The largest absolute Gasteiger partial charge is 0.385 e. The van der Waals surface area contributed by atoms with Crippen molar-refractivity contribution in [2.75, 3.05) is 20.3 Å². The molecule has 0 bridgehead atoms. The summed E-state index contributed by atoms with van der Waals surface area (Å²) in [5.74, 6) is 0.171. The Morgan fingerprint density at radius 2 is 2.27 bits per heavy atom. The van der Waals surface area contributed by atoms with Crippen molar-refractivity contribution in [1.29, 1.82) is 0 Å². The number of nitrogens with one attached hydrogen (secondary N) is 1. The smallest absolute Gasteiger partial charge is 0.254 e. The number of amides is 1. The molecule has 3 rings (SSSR count). The average molecular weight is 300 g/mol. The fraction of sp³-hybridized carbons (Fsp3) is 0.500. The summed E-state index contributed by atoms with van der Waals surface area (Å²) in [4.78, 5) is 18.1. The van der Waals surface area contributed by atoms with E-state index >= 15 is 0 Å². The molecule has 0 spiro atoms. The van der Waals surface area contributed by atoms with Crippen LogP contribution in [0.4, 0.5) is 0 Å². The van der Waals surface area contributed by atoms with Gasteiger partial charge in [-0.3, -0.25) is 4.79 Å². The van der Waals surface area contributed by atoms with Crippen molar-refractivity contribution < 1.29 is 9.53 Å². The maximum absolute atomic E-state index is 12.9. The van der Waals surface area contributed by atoms with Gasteiger partial charge in [0.05, 0.1) is 0 Å². The molecule has 1 amide bonds. The predicted octanol–water partition coefficient (Wildman–Crippen LogP) is 3.59. The fourth-order valence-electron chi connectivity index (χ4n) is 3.38. The fourth-order valence-corrected chi connectivity index (χ4v) is 3.38. The van der Waals surface area contributed by atoms with Crippen molar-refractivity contribution in [2.24, 2.45) is 0 Å². The molecule has 4 nitrogen and oxygen atoms in total. The lowest BCUT2D eigenvalue weighted by Gasteiger charge is -2.36. The highest BCUT2D eigenvalue weighted by atomic mass is 16.5. The van der Waals surface area contributed by atoms with Crippen LogP contribution in [-0.4, -0.2) is 42.1 Å². The molecule has 0 aliphatic carbocycles. The molecule has 1 N–H and O–H groups in total. The van der Waals surface area contributed by atoms with Gasteiger partial charge < -0.3 is 14.6 Å². The number of aromatic nitrogens is 1.